The van der Waals surface area contributed by atoms with Crippen LogP contribution in [-0.2, 0) is 16.0 Å². The Morgan fingerprint density at radius 2 is 2.30 bits per heavy atom. The van der Waals surface area contributed by atoms with Gasteiger partial charge in [-0.25, -0.2) is 4.98 Å². The van der Waals surface area contributed by atoms with Gasteiger partial charge in [-0.15, -0.1) is 11.3 Å². The number of hydrogen-bond acceptors (Lipinski definition) is 5. The van der Waals surface area contributed by atoms with Crippen molar-refractivity contribution in [3.8, 4) is 0 Å². The summed E-state index contributed by atoms with van der Waals surface area (Å²) in [6.07, 6.45) is 3.64. The maximum atomic E-state index is 6.08. The van der Waals surface area contributed by atoms with Gasteiger partial charge in [0.15, 0.2) is 0 Å². The minimum atomic E-state index is 0.0916. The maximum Gasteiger partial charge on any atom is 0.0897 e. The van der Waals surface area contributed by atoms with Crippen molar-refractivity contribution in [1.29, 1.82) is 0 Å². The number of aromatic nitrogens is 1. The lowest BCUT2D eigenvalue weighted by molar-refractivity contribution is -0.0465. The van der Waals surface area contributed by atoms with Crippen LogP contribution in [0.5, 0.6) is 0 Å². The zero-order chi connectivity index (χ0) is 14.0. The number of thiazole rings is 1. The Balaban J connectivity index is 1.50. The molecule has 0 aromatic carbocycles. The summed E-state index contributed by atoms with van der Waals surface area (Å²) >= 11 is 1.74. The minimum Gasteiger partial charge on any atom is -0.376 e. The summed E-state index contributed by atoms with van der Waals surface area (Å²) in [5.41, 5.74) is 1.30. The molecule has 0 N–H and O–H groups in total. The van der Waals surface area contributed by atoms with Gasteiger partial charge in [-0.1, -0.05) is 0 Å². The molecule has 0 radical (unpaired) electrons. The maximum absolute atomic E-state index is 6.08. The van der Waals surface area contributed by atoms with Gasteiger partial charge >= 0.3 is 0 Å². The summed E-state index contributed by atoms with van der Waals surface area (Å²) in [5, 5.41) is 3.34. The number of piperidine rings is 1. The molecular weight excluding hydrogens is 272 g/mol. The van der Waals surface area contributed by atoms with Gasteiger partial charge in [0.25, 0.3) is 0 Å². The standard InChI is InChI=1S/C15H24N2O2S/c1-3-18-14-8-15(19-10-14)4-6-17(7-5-15)9-13-11-20-12(2)16-13/h11,14H,3-10H2,1-2H3. The molecule has 4 nitrogen and oxygen atoms in total. The Bertz CT molecular complexity index is 441. The molecule has 0 amide bonds. The molecule has 2 saturated heterocycles. The van der Waals surface area contributed by atoms with Crippen molar-refractivity contribution < 1.29 is 9.47 Å². The van der Waals surface area contributed by atoms with E-state index in [0.29, 0.717) is 6.10 Å². The summed E-state index contributed by atoms with van der Waals surface area (Å²) in [6, 6.07) is 0. The second-order valence-corrected chi connectivity index (χ2v) is 6.97. The molecule has 5 heteroatoms. The highest BCUT2D eigenvalue weighted by atomic mass is 32.1. The quantitative estimate of drug-likeness (QED) is 0.855. The third-order valence-corrected chi connectivity index (χ3v) is 5.22. The zero-order valence-corrected chi connectivity index (χ0v) is 13.2. The van der Waals surface area contributed by atoms with Crippen LogP contribution in [0.2, 0.25) is 0 Å². The molecule has 0 bridgehead atoms. The van der Waals surface area contributed by atoms with E-state index in [-0.39, 0.29) is 5.60 Å². The van der Waals surface area contributed by atoms with E-state index in [1.165, 1.54) is 5.69 Å². The molecule has 2 fully saturated rings. The van der Waals surface area contributed by atoms with Gasteiger partial charge in [-0.3, -0.25) is 4.90 Å². The largest absolute Gasteiger partial charge is 0.376 e. The van der Waals surface area contributed by atoms with Gasteiger partial charge < -0.3 is 9.47 Å². The molecule has 1 atom stereocenters. The van der Waals surface area contributed by atoms with E-state index in [1.807, 2.05) is 0 Å². The van der Waals surface area contributed by atoms with Gasteiger partial charge in [0.05, 0.1) is 29.0 Å². The first kappa shape index (κ1) is 14.4. The average Bonchev–Trinajstić information content (AvgIpc) is 3.01. The van der Waals surface area contributed by atoms with Crippen LogP contribution in [0.1, 0.15) is 36.9 Å². The number of aryl methyl sites for hydroxylation is 1. The fourth-order valence-electron chi connectivity index (χ4n) is 3.32. The van der Waals surface area contributed by atoms with Crippen LogP contribution in [-0.4, -0.2) is 47.9 Å². The van der Waals surface area contributed by atoms with Crippen molar-refractivity contribution in [3.05, 3.63) is 16.1 Å². The van der Waals surface area contributed by atoms with Crippen molar-refractivity contribution in [1.82, 2.24) is 9.88 Å². The van der Waals surface area contributed by atoms with Crippen LogP contribution >= 0.6 is 11.3 Å². The van der Waals surface area contributed by atoms with E-state index in [4.69, 9.17) is 9.47 Å². The van der Waals surface area contributed by atoms with E-state index >= 15 is 0 Å². The molecule has 3 rings (SSSR count). The van der Waals surface area contributed by atoms with Crippen LogP contribution in [0, 0.1) is 6.92 Å². The average molecular weight is 296 g/mol. The summed E-state index contributed by atoms with van der Waals surface area (Å²) in [5.74, 6) is 0. The third kappa shape index (κ3) is 3.22. The number of rotatable bonds is 4. The summed E-state index contributed by atoms with van der Waals surface area (Å²) in [7, 11) is 0. The van der Waals surface area contributed by atoms with Crippen LogP contribution in [0.3, 0.4) is 0 Å². The molecule has 112 valence electrons. The van der Waals surface area contributed by atoms with Gasteiger partial charge in [0, 0.05) is 38.0 Å². The predicted molar refractivity (Wildman–Crippen MR) is 80.1 cm³/mol. The van der Waals surface area contributed by atoms with E-state index in [9.17, 15) is 0 Å². The SMILES string of the molecule is CCOC1COC2(CCN(Cc3csc(C)n3)CC2)C1. The second-order valence-electron chi connectivity index (χ2n) is 5.91. The Hall–Kier alpha value is -0.490. The molecule has 1 aromatic heterocycles. The summed E-state index contributed by atoms with van der Waals surface area (Å²) in [6.45, 7) is 8.89. The predicted octanol–water partition coefficient (Wildman–Crippen LogP) is 2.61. The molecule has 2 aliphatic rings. The highest BCUT2D eigenvalue weighted by molar-refractivity contribution is 7.09. The summed E-state index contributed by atoms with van der Waals surface area (Å²) in [4.78, 5) is 7.05. The Labute approximate surface area is 125 Å². The van der Waals surface area contributed by atoms with Gasteiger partial charge in [-0.05, 0) is 26.7 Å². The van der Waals surface area contributed by atoms with Gasteiger partial charge in [0.1, 0.15) is 0 Å². The number of ether oxygens (including phenoxy) is 2. The van der Waals surface area contributed by atoms with Crippen LogP contribution in [0.15, 0.2) is 5.38 Å². The van der Waals surface area contributed by atoms with Crippen LogP contribution in [0.4, 0.5) is 0 Å². The lowest BCUT2D eigenvalue weighted by Crippen LogP contribution is -2.44. The number of nitrogens with zero attached hydrogens (tertiary/aromatic N) is 2. The first-order valence-electron chi connectivity index (χ1n) is 7.58. The Morgan fingerprint density at radius 3 is 2.95 bits per heavy atom. The van der Waals surface area contributed by atoms with Crippen molar-refractivity contribution in [2.75, 3.05) is 26.3 Å². The molecule has 3 heterocycles. The third-order valence-electron chi connectivity index (χ3n) is 4.40. The first-order chi connectivity index (χ1) is 9.69. The van der Waals surface area contributed by atoms with E-state index < -0.39 is 0 Å². The molecule has 1 unspecified atom stereocenters. The molecular formula is C15H24N2O2S. The minimum absolute atomic E-state index is 0.0916. The number of likely N-dealkylation sites (tertiary alicyclic amines) is 1. The van der Waals surface area contributed by atoms with E-state index in [1.54, 1.807) is 11.3 Å². The topological polar surface area (TPSA) is 34.6 Å². The van der Waals surface area contributed by atoms with Crippen molar-refractivity contribution >= 4 is 11.3 Å². The first-order valence-corrected chi connectivity index (χ1v) is 8.46. The Kier molecular flexibility index (Phi) is 4.40. The molecule has 1 aromatic rings. The normalized spacial score (nSPS) is 26.4. The Morgan fingerprint density at radius 1 is 1.50 bits per heavy atom. The lowest BCUT2D eigenvalue weighted by atomic mass is 9.88. The number of hydrogen-bond donors (Lipinski definition) is 0. The fraction of sp³-hybridized carbons (Fsp3) is 0.800. The van der Waals surface area contributed by atoms with E-state index in [0.717, 1.165) is 57.1 Å². The van der Waals surface area contributed by atoms with Gasteiger partial charge in [0.2, 0.25) is 0 Å². The highest BCUT2D eigenvalue weighted by Crippen LogP contribution is 2.37. The smallest absolute Gasteiger partial charge is 0.0897 e. The molecule has 20 heavy (non-hydrogen) atoms. The molecule has 0 aliphatic carbocycles. The van der Waals surface area contributed by atoms with Crippen molar-refractivity contribution in [2.45, 2.75) is 51.4 Å². The fourth-order valence-corrected chi connectivity index (χ4v) is 3.93. The van der Waals surface area contributed by atoms with Gasteiger partial charge in [-0.2, -0.15) is 0 Å². The molecule has 1 spiro atoms. The zero-order valence-electron chi connectivity index (χ0n) is 12.4. The lowest BCUT2D eigenvalue weighted by Gasteiger charge is -2.38. The van der Waals surface area contributed by atoms with Crippen LogP contribution in [0.25, 0.3) is 0 Å². The van der Waals surface area contributed by atoms with E-state index in [2.05, 4.69) is 29.1 Å². The highest BCUT2D eigenvalue weighted by Gasteiger charge is 2.42. The molecule has 2 aliphatic heterocycles. The summed E-state index contributed by atoms with van der Waals surface area (Å²) < 4.78 is 11.8. The molecule has 0 saturated carbocycles. The van der Waals surface area contributed by atoms with Crippen LogP contribution < -0.4 is 0 Å². The monoisotopic (exact) mass is 296 g/mol. The van der Waals surface area contributed by atoms with Crippen molar-refractivity contribution in [2.24, 2.45) is 0 Å². The van der Waals surface area contributed by atoms with Crippen molar-refractivity contribution in [3.63, 3.8) is 0 Å². The second kappa shape index (κ2) is 6.10.